The van der Waals surface area contributed by atoms with Crippen LogP contribution >= 0.6 is 0 Å². The van der Waals surface area contributed by atoms with E-state index in [9.17, 15) is 0 Å². The van der Waals surface area contributed by atoms with Crippen molar-refractivity contribution in [2.45, 2.75) is 152 Å². The number of ether oxygens (including phenoxy) is 1. The number of aliphatic hydroxyl groups is 30. The lowest BCUT2D eigenvalue weighted by atomic mass is 10.1. The van der Waals surface area contributed by atoms with Gasteiger partial charge in [-0.05, 0) is 12.8 Å². The zero-order valence-electron chi connectivity index (χ0n) is 45.6. The van der Waals surface area contributed by atoms with E-state index in [1.807, 2.05) is 0 Å². The van der Waals surface area contributed by atoms with Crippen molar-refractivity contribution in [3.63, 3.8) is 0 Å². The maximum atomic E-state index is 8.17. The van der Waals surface area contributed by atoms with Crippen molar-refractivity contribution in [1.29, 1.82) is 0 Å². The number of hydrogen-bond donors (Lipinski definition) is 30. The number of rotatable bonds is 34. The van der Waals surface area contributed by atoms with Crippen LogP contribution in [0.2, 0.25) is 0 Å². The fourth-order valence-corrected chi connectivity index (χ4v) is 2.65. The molecule has 0 aliphatic heterocycles. The maximum absolute atomic E-state index is 8.17. The molecule has 0 aliphatic rings. The van der Waals surface area contributed by atoms with Crippen LogP contribution in [0.1, 0.15) is 90.9 Å². The first-order valence-electron chi connectivity index (χ1n) is 25.1. The molecule has 0 saturated heterocycles. The van der Waals surface area contributed by atoms with E-state index in [2.05, 4.69) is 13.8 Å². The summed E-state index contributed by atoms with van der Waals surface area (Å²) in [4.78, 5) is 0. The minimum absolute atomic E-state index is 0.365. The van der Waals surface area contributed by atoms with Gasteiger partial charge in [-0.2, -0.15) is 0 Å². The largest absolute Gasteiger partial charge is 0.394 e. The van der Waals surface area contributed by atoms with Gasteiger partial charge in [0.1, 0.15) is 61.0 Å². The highest BCUT2D eigenvalue weighted by Gasteiger charge is 1.99. The van der Waals surface area contributed by atoms with Crippen molar-refractivity contribution in [3.8, 4) is 0 Å². The molecule has 0 aromatic heterocycles. The Labute approximate surface area is 454 Å². The Hall–Kier alpha value is -1.24. The molecular formula is C46H114O31. The minimum atomic E-state index is -0.954. The molecule has 0 aromatic carbocycles. The molecule has 30 N–H and O–H groups in total. The summed E-state index contributed by atoms with van der Waals surface area (Å²) >= 11 is 0. The molecule has 484 valence electrons. The van der Waals surface area contributed by atoms with Crippen LogP contribution in [-0.2, 0) is 4.74 Å². The van der Waals surface area contributed by atoms with Crippen LogP contribution in [0.25, 0.3) is 0 Å². The first-order chi connectivity index (χ1) is 36.5. The second-order valence-corrected chi connectivity index (χ2v) is 15.3. The molecule has 31 heteroatoms. The summed E-state index contributed by atoms with van der Waals surface area (Å²) in [6, 6.07) is 0. The van der Waals surface area contributed by atoms with Crippen LogP contribution in [-0.4, -0.2) is 360 Å². The average Bonchev–Trinajstić information content (AvgIpc) is 3.49. The van der Waals surface area contributed by atoms with E-state index in [4.69, 9.17) is 158 Å². The molecule has 0 unspecified atom stereocenters. The maximum Gasteiger partial charge on any atom is 0.100 e. The van der Waals surface area contributed by atoms with Gasteiger partial charge in [-0.3, -0.25) is 0 Å². The molecule has 0 fully saturated rings. The van der Waals surface area contributed by atoms with E-state index in [1.54, 1.807) is 0 Å². The van der Waals surface area contributed by atoms with Crippen LogP contribution in [0.5, 0.6) is 0 Å². The molecule has 0 amide bonds. The SMILES string of the molecule is CCCCCCCCOCCCCCCCC.OCC(O)CO.OCC(O)CO.OCC(O)CO.OCC(O)CO.OCC(O)CO.OCC(O)CO.OCC(O)CO.OCC(O)CO.OCC(O)CO.OCC(O)CO. The quantitative estimate of drug-likeness (QED) is 0.0266. The summed E-state index contributed by atoms with van der Waals surface area (Å²) in [5, 5.41) is 240. The van der Waals surface area contributed by atoms with Gasteiger partial charge in [0.05, 0.1) is 132 Å². The number of aliphatic hydroxyl groups excluding tert-OH is 30. The standard InChI is InChI=1S/C16H34O.10C3H8O3/c1-3-5-7-9-11-13-15-17-16-14-12-10-8-6-4-2;10*4-1-3(6)2-5/h3-16H2,1-2H3;10*3-6H,1-2H2. The van der Waals surface area contributed by atoms with E-state index in [-0.39, 0.29) is 132 Å². The van der Waals surface area contributed by atoms with Gasteiger partial charge in [-0.1, -0.05) is 78.1 Å². The topological polar surface area (TPSA) is 616 Å². The normalized spacial score (nSPS) is 10.2. The van der Waals surface area contributed by atoms with Crippen molar-refractivity contribution in [1.82, 2.24) is 0 Å². The Morgan fingerprint density at radius 2 is 0.286 bits per heavy atom. The van der Waals surface area contributed by atoms with Crippen molar-refractivity contribution in [2.24, 2.45) is 0 Å². The molecule has 0 atom stereocenters. The third-order valence-corrected chi connectivity index (χ3v) is 7.50. The third-order valence-electron chi connectivity index (χ3n) is 7.50. The van der Waals surface area contributed by atoms with Crippen LogP contribution in [0.3, 0.4) is 0 Å². The predicted octanol–water partition coefficient (Wildman–Crippen LogP) is -11.0. The highest BCUT2D eigenvalue weighted by Crippen LogP contribution is 2.07. The Balaban J connectivity index is -0.0000000712. The van der Waals surface area contributed by atoms with E-state index >= 15 is 0 Å². The van der Waals surface area contributed by atoms with Crippen molar-refractivity contribution >= 4 is 0 Å². The van der Waals surface area contributed by atoms with Crippen molar-refractivity contribution < 1.29 is 158 Å². The zero-order chi connectivity index (χ0) is 62.5. The summed E-state index contributed by atoms with van der Waals surface area (Å²) < 4.78 is 5.65. The van der Waals surface area contributed by atoms with Crippen LogP contribution in [0, 0.1) is 0 Å². The third kappa shape index (κ3) is 142. The molecule has 31 nitrogen and oxygen atoms in total. The average molecular weight is 1160 g/mol. The molecule has 0 bridgehead atoms. The molecule has 0 rings (SSSR count). The fourth-order valence-electron chi connectivity index (χ4n) is 2.65. The van der Waals surface area contributed by atoms with Gasteiger partial charge in [0.15, 0.2) is 0 Å². The van der Waals surface area contributed by atoms with E-state index in [0.717, 1.165) is 13.2 Å². The second-order valence-electron chi connectivity index (χ2n) is 15.3. The summed E-state index contributed by atoms with van der Waals surface area (Å²) in [5.41, 5.74) is 0. The number of hydrogen-bond acceptors (Lipinski definition) is 31. The molecule has 0 aromatic rings. The van der Waals surface area contributed by atoms with Gasteiger partial charge in [-0.25, -0.2) is 0 Å². The monoisotopic (exact) mass is 1160 g/mol. The predicted molar refractivity (Wildman–Crippen MR) is 279 cm³/mol. The minimum Gasteiger partial charge on any atom is -0.394 e. The summed E-state index contributed by atoms with van der Waals surface area (Å²) in [5.74, 6) is 0. The summed E-state index contributed by atoms with van der Waals surface area (Å²) in [7, 11) is 0. The Bertz CT molecular complexity index is 638. The highest BCUT2D eigenvalue weighted by molar-refractivity contribution is 4.49. The van der Waals surface area contributed by atoms with Gasteiger partial charge in [0.2, 0.25) is 0 Å². The molecule has 0 spiro atoms. The van der Waals surface area contributed by atoms with Gasteiger partial charge in [-0.15, -0.1) is 0 Å². The van der Waals surface area contributed by atoms with Gasteiger partial charge >= 0.3 is 0 Å². The lowest BCUT2D eigenvalue weighted by Gasteiger charge is -2.04. The Kier molecular flexibility index (Phi) is 131. The zero-order valence-corrected chi connectivity index (χ0v) is 45.6. The first-order valence-corrected chi connectivity index (χ1v) is 25.1. The highest BCUT2D eigenvalue weighted by atomic mass is 16.5. The Morgan fingerprint density at radius 1 is 0.182 bits per heavy atom. The molecule has 77 heavy (non-hydrogen) atoms. The second kappa shape index (κ2) is 100. The van der Waals surface area contributed by atoms with Crippen molar-refractivity contribution in [3.05, 3.63) is 0 Å². The van der Waals surface area contributed by atoms with Crippen molar-refractivity contribution in [2.75, 3.05) is 145 Å². The fraction of sp³-hybridized carbons (Fsp3) is 1.00. The molecule has 0 aliphatic carbocycles. The van der Waals surface area contributed by atoms with Gasteiger partial charge in [0, 0.05) is 13.2 Å². The van der Waals surface area contributed by atoms with Gasteiger partial charge in [0.25, 0.3) is 0 Å². The molecule has 0 saturated carbocycles. The lowest BCUT2D eigenvalue weighted by Crippen LogP contribution is -2.15. The lowest BCUT2D eigenvalue weighted by molar-refractivity contribution is 0.0450. The molecule has 0 radical (unpaired) electrons. The summed E-state index contributed by atoms with van der Waals surface area (Å²) in [6.07, 6.45) is 6.81. The van der Waals surface area contributed by atoms with Crippen LogP contribution < -0.4 is 0 Å². The number of unbranched alkanes of at least 4 members (excludes halogenated alkanes) is 10. The molecule has 0 heterocycles. The first kappa shape index (κ1) is 101. The van der Waals surface area contributed by atoms with E-state index in [0.29, 0.717) is 0 Å². The Morgan fingerprint density at radius 3 is 0.377 bits per heavy atom. The summed E-state index contributed by atoms with van der Waals surface area (Å²) in [6.45, 7) is -0.782. The van der Waals surface area contributed by atoms with Gasteiger partial charge < -0.3 is 158 Å². The molecular weight excluding hydrogens is 1050 g/mol. The van der Waals surface area contributed by atoms with E-state index in [1.165, 1.54) is 77.0 Å². The van der Waals surface area contributed by atoms with Crippen LogP contribution in [0.15, 0.2) is 0 Å². The van der Waals surface area contributed by atoms with E-state index < -0.39 is 61.0 Å². The smallest absolute Gasteiger partial charge is 0.100 e. The van der Waals surface area contributed by atoms with Crippen LogP contribution in [0.4, 0.5) is 0 Å².